The average molecular weight is 446 g/mol. The van der Waals surface area contributed by atoms with Crippen LogP contribution >= 0.6 is 22.9 Å². The van der Waals surface area contributed by atoms with Crippen molar-refractivity contribution in [1.82, 2.24) is 9.88 Å². The standard InChI is InChI=1S/C21H24ClN5O2S/c22-15-2-4-16(5-3-15)24-21(28)27(9-1-8-26-10-12-29-13-11-26)17-6-7-18-19(14-17)30-20(23)25-18/h2-7,14H,1,8-13H2,(H2,23,25)(H,24,28). The highest BCUT2D eigenvalue weighted by Gasteiger charge is 2.18. The third-order valence-corrected chi connectivity index (χ3v) is 6.10. The summed E-state index contributed by atoms with van der Waals surface area (Å²) in [5.41, 5.74) is 8.20. The molecule has 1 aliphatic rings. The van der Waals surface area contributed by atoms with E-state index in [1.165, 1.54) is 11.3 Å². The van der Waals surface area contributed by atoms with Crippen molar-refractivity contribution in [2.24, 2.45) is 0 Å². The highest BCUT2D eigenvalue weighted by Crippen LogP contribution is 2.29. The lowest BCUT2D eigenvalue weighted by molar-refractivity contribution is 0.0377. The molecule has 1 saturated heterocycles. The Balaban J connectivity index is 1.50. The Kier molecular flexibility index (Phi) is 6.69. The Bertz CT molecular complexity index is 1000. The molecule has 4 rings (SSSR count). The van der Waals surface area contributed by atoms with Gasteiger partial charge in [-0.1, -0.05) is 22.9 Å². The van der Waals surface area contributed by atoms with Gasteiger partial charge in [-0.2, -0.15) is 0 Å². The topological polar surface area (TPSA) is 83.7 Å². The number of fused-ring (bicyclic) bond motifs is 1. The van der Waals surface area contributed by atoms with Crippen LogP contribution in [-0.2, 0) is 4.74 Å². The third kappa shape index (κ3) is 5.20. The smallest absolute Gasteiger partial charge is 0.326 e. The van der Waals surface area contributed by atoms with Gasteiger partial charge in [0.2, 0.25) is 0 Å². The molecule has 30 heavy (non-hydrogen) atoms. The van der Waals surface area contributed by atoms with Gasteiger partial charge in [0.1, 0.15) is 0 Å². The van der Waals surface area contributed by atoms with Crippen LogP contribution in [0.2, 0.25) is 5.02 Å². The minimum Gasteiger partial charge on any atom is -0.379 e. The number of morpholine rings is 1. The van der Waals surface area contributed by atoms with Crippen molar-refractivity contribution in [3.05, 3.63) is 47.5 Å². The fraction of sp³-hybridized carbons (Fsp3) is 0.333. The second kappa shape index (κ2) is 9.61. The van der Waals surface area contributed by atoms with E-state index in [1.807, 2.05) is 18.2 Å². The second-order valence-corrected chi connectivity index (χ2v) is 8.60. The van der Waals surface area contributed by atoms with Crippen LogP contribution in [-0.4, -0.2) is 55.3 Å². The number of thiazole rings is 1. The maximum Gasteiger partial charge on any atom is 0.326 e. The maximum absolute atomic E-state index is 13.1. The zero-order valence-corrected chi connectivity index (χ0v) is 18.1. The average Bonchev–Trinajstić information content (AvgIpc) is 3.13. The van der Waals surface area contributed by atoms with Gasteiger partial charge in [-0.15, -0.1) is 0 Å². The van der Waals surface area contributed by atoms with Gasteiger partial charge in [-0.05, 0) is 48.9 Å². The highest BCUT2D eigenvalue weighted by atomic mass is 35.5. The van der Waals surface area contributed by atoms with E-state index in [0.717, 1.165) is 55.2 Å². The van der Waals surface area contributed by atoms with Crippen molar-refractivity contribution in [1.29, 1.82) is 0 Å². The summed E-state index contributed by atoms with van der Waals surface area (Å²) in [6, 6.07) is 12.7. The number of hydrogen-bond acceptors (Lipinski definition) is 6. The molecule has 0 atom stereocenters. The van der Waals surface area contributed by atoms with E-state index >= 15 is 0 Å². The first-order valence-corrected chi connectivity index (χ1v) is 11.1. The van der Waals surface area contributed by atoms with E-state index in [-0.39, 0.29) is 6.03 Å². The van der Waals surface area contributed by atoms with E-state index < -0.39 is 0 Å². The largest absolute Gasteiger partial charge is 0.379 e. The predicted octanol–water partition coefficient (Wildman–Crippen LogP) is 4.29. The molecule has 2 aromatic carbocycles. The number of anilines is 3. The van der Waals surface area contributed by atoms with Crippen LogP contribution in [0.15, 0.2) is 42.5 Å². The van der Waals surface area contributed by atoms with E-state index in [1.54, 1.807) is 29.2 Å². The van der Waals surface area contributed by atoms with Crippen molar-refractivity contribution in [3.63, 3.8) is 0 Å². The van der Waals surface area contributed by atoms with Crippen LogP contribution in [0, 0.1) is 0 Å². The van der Waals surface area contributed by atoms with Crippen LogP contribution in [0.3, 0.4) is 0 Å². The van der Waals surface area contributed by atoms with Crippen molar-refractivity contribution in [3.8, 4) is 0 Å². The van der Waals surface area contributed by atoms with Gasteiger partial charge in [0.15, 0.2) is 5.13 Å². The lowest BCUT2D eigenvalue weighted by Gasteiger charge is -2.28. The number of halogens is 1. The molecular weight excluding hydrogens is 422 g/mol. The minimum atomic E-state index is -0.184. The van der Waals surface area contributed by atoms with Gasteiger partial charge in [-0.25, -0.2) is 9.78 Å². The molecule has 9 heteroatoms. The fourth-order valence-electron chi connectivity index (χ4n) is 3.45. The van der Waals surface area contributed by atoms with Gasteiger partial charge in [-0.3, -0.25) is 9.80 Å². The van der Waals surface area contributed by atoms with E-state index in [2.05, 4.69) is 15.2 Å². The zero-order valence-electron chi connectivity index (χ0n) is 16.5. The van der Waals surface area contributed by atoms with Crippen LogP contribution in [0.1, 0.15) is 6.42 Å². The molecule has 3 N–H and O–H groups in total. The molecular formula is C21H24ClN5O2S. The van der Waals surface area contributed by atoms with Gasteiger partial charge < -0.3 is 15.8 Å². The Morgan fingerprint density at radius 1 is 1.23 bits per heavy atom. The monoisotopic (exact) mass is 445 g/mol. The Hall–Kier alpha value is -2.39. The quantitative estimate of drug-likeness (QED) is 0.591. The van der Waals surface area contributed by atoms with Crippen molar-refractivity contribution >= 4 is 55.7 Å². The molecule has 2 amide bonds. The summed E-state index contributed by atoms with van der Waals surface area (Å²) in [5, 5.41) is 4.12. The number of amides is 2. The molecule has 1 fully saturated rings. The molecule has 0 radical (unpaired) electrons. The Morgan fingerprint density at radius 2 is 2.00 bits per heavy atom. The van der Waals surface area contributed by atoms with Gasteiger partial charge in [0, 0.05) is 42.6 Å². The lowest BCUT2D eigenvalue weighted by Crippen LogP contribution is -2.40. The number of urea groups is 1. The summed E-state index contributed by atoms with van der Waals surface area (Å²) >= 11 is 7.37. The molecule has 1 aromatic heterocycles. The lowest BCUT2D eigenvalue weighted by atomic mass is 10.2. The number of nitrogens with one attached hydrogen (secondary N) is 1. The number of ether oxygens (including phenoxy) is 1. The summed E-state index contributed by atoms with van der Waals surface area (Å²) in [4.78, 5) is 21.6. The molecule has 0 aliphatic carbocycles. The molecule has 0 saturated carbocycles. The number of nitrogens with two attached hydrogens (primary N) is 1. The first-order valence-electron chi connectivity index (χ1n) is 9.89. The number of aromatic nitrogens is 1. The van der Waals surface area contributed by atoms with Crippen LogP contribution in [0.5, 0.6) is 0 Å². The SMILES string of the molecule is Nc1nc2ccc(N(CCCN3CCOCC3)C(=O)Nc3ccc(Cl)cc3)cc2s1. The molecule has 0 spiro atoms. The predicted molar refractivity (Wildman–Crippen MR) is 124 cm³/mol. The highest BCUT2D eigenvalue weighted by molar-refractivity contribution is 7.22. The van der Waals surface area contributed by atoms with Gasteiger partial charge in [0.05, 0.1) is 23.4 Å². The fourth-order valence-corrected chi connectivity index (χ4v) is 4.34. The summed E-state index contributed by atoms with van der Waals surface area (Å²) in [5.74, 6) is 0. The molecule has 1 aliphatic heterocycles. The number of nitrogen functional groups attached to an aromatic ring is 1. The van der Waals surface area contributed by atoms with Crippen LogP contribution in [0.4, 0.5) is 21.3 Å². The molecule has 7 nitrogen and oxygen atoms in total. The number of nitrogens with zero attached hydrogens (tertiary/aromatic N) is 3. The molecule has 0 unspecified atom stereocenters. The van der Waals surface area contributed by atoms with E-state index in [4.69, 9.17) is 22.1 Å². The van der Waals surface area contributed by atoms with Crippen LogP contribution in [0.25, 0.3) is 10.2 Å². The van der Waals surface area contributed by atoms with Crippen LogP contribution < -0.4 is 16.0 Å². The van der Waals surface area contributed by atoms with Crippen molar-refractivity contribution in [2.75, 3.05) is 55.3 Å². The van der Waals surface area contributed by atoms with E-state index in [0.29, 0.717) is 22.4 Å². The molecule has 3 aromatic rings. The Labute approximate surface area is 184 Å². The zero-order chi connectivity index (χ0) is 20.9. The normalized spacial score (nSPS) is 14.7. The number of rotatable bonds is 6. The van der Waals surface area contributed by atoms with Gasteiger partial charge in [0.25, 0.3) is 0 Å². The number of carbonyl (C=O) groups is 1. The summed E-state index contributed by atoms with van der Waals surface area (Å²) < 4.78 is 6.37. The van der Waals surface area contributed by atoms with Gasteiger partial charge >= 0.3 is 6.03 Å². The first kappa shape index (κ1) is 20.9. The number of carbonyl (C=O) groups excluding carboxylic acids is 1. The summed E-state index contributed by atoms with van der Waals surface area (Å²) in [6.07, 6.45) is 0.858. The number of hydrogen-bond donors (Lipinski definition) is 2. The van der Waals surface area contributed by atoms with Crippen molar-refractivity contribution in [2.45, 2.75) is 6.42 Å². The Morgan fingerprint density at radius 3 is 2.77 bits per heavy atom. The number of benzene rings is 2. The first-order chi connectivity index (χ1) is 14.6. The second-order valence-electron chi connectivity index (χ2n) is 7.10. The minimum absolute atomic E-state index is 0.184. The van der Waals surface area contributed by atoms with Crippen molar-refractivity contribution < 1.29 is 9.53 Å². The molecule has 158 valence electrons. The maximum atomic E-state index is 13.1. The summed E-state index contributed by atoms with van der Waals surface area (Å²) in [7, 11) is 0. The summed E-state index contributed by atoms with van der Waals surface area (Å²) in [6.45, 7) is 4.92. The molecule has 2 heterocycles. The van der Waals surface area contributed by atoms with E-state index in [9.17, 15) is 4.79 Å². The third-order valence-electron chi connectivity index (χ3n) is 5.00. The molecule has 0 bridgehead atoms.